The summed E-state index contributed by atoms with van der Waals surface area (Å²) in [6.07, 6.45) is 0.0974. The maximum absolute atomic E-state index is 13.4. The highest BCUT2D eigenvalue weighted by molar-refractivity contribution is 7.93. The zero-order valence-electron chi connectivity index (χ0n) is 16.9. The van der Waals surface area contributed by atoms with Crippen molar-refractivity contribution in [3.05, 3.63) is 76.9 Å². The molecule has 4 rings (SSSR count). The van der Waals surface area contributed by atoms with Crippen LogP contribution in [0.25, 0.3) is 0 Å². The zero-order valence-corrected chi connectivity index (χ0v) is 19.3. The first-order valence-corrected chi connectivity index (χ1v) is 13.4. The smallest absolute Gasteiger partial charge is 0.240 e. The van der Waals surface area contributed by atoms with Crippen molar-refractivity contribution < 1.29 is 26.0 Å². The van der Waals surface area contributed by atoms with Gasteiger partial charge in [-0.15, -0.1) is 11.3 Å². The van der Waals surface area contributed by atoms with E-state index in [9.17, 15) is 26.0 Å². The summed E-state index contributed by atoms with van der Waals surface area (Å²) in [6.45, 7) is -0.440. The SMILES string of the molecule is CN1C(=O)Cc2cc(S(=O)(=O)NC[C@@H](c3ccc(F)cc3)S(=O)(=O)c3cccs3)ccc21. The van der Waals surface area contributed by atoms with Gasteiger partial charge in [-0.1, -0.05) is 18.2 Å². The number of fused-ring (bicyclic) bond motifs is 1. The van der Waals surface area contributed by atoms with Crippen LogP contribution in [0.5, 0.6) is 0 Å². The number of likely N-dealkylation sites (N-methyl/N-ethyl adjacent to an activating group) is 1. The number of sulfone groups is 1. The summed E-state index contributed by atoms with van der Waals surface area (Å²) in [5.41, 5.74) is 1.49. The summed E-state index contributed by atoms with van der Waals surface area (Å²) in [4.78, 5) is 13.3. The fraction of sp³-hybridized carbons (Fsp3) is 0.190. The molecular weight excluding hydrogens is 475 g/mol. The number of thiophene rings is 1. The van der Waals surface area contributed by atoms with Crippen LogP contribution in [0.3, 0.4) is 0 Å². The van der Waals surface area contributed by atoms with E-state index in [1.54, 1.807) is 24.6 Å². The Balaban J connectivity index is 1.64. The molecule has 1 atom stereocenters. The maximum Gasteiger partial charge on any atom is 0.240 e. The molecule has 0 bridgehead atoms. The number of hydrogen-bond donors (Lipinski definition) is 1. The van der Waals surface area contributed by atoms with Gasteiger partial charge in [-0.25, -0.2) is 25.9 Å². The monoisotopic (exact) mass is 494 g/mol. The summed E-state index contributed by atoms with van der Waals surface area (Å²) in [5, 5.41) is 0.361. The van der Waals surface area contributed by atoms with E-state index >= 15 is 0 Å². The van der Waals surface area contributed by atoms with Gasteiger partial charge in [-0.05, 0) is 52.9 Å². The Kier molecular flexibility index (Phi) is 5.93. The average Bonchev–Trinajstić information content (AvgIpc) is 3.38. The molecule has 1 amide bonds. The van der Waals surface area contributed by atoms with E-state index in [1.165, 1.54) is 35.2 Å². The minimum absolute atomic E-state index is 0.0641. The molecule has 1 aromatic heterocycles. The number of anilines is 1. The molecule has 0 spiro atoms. The second kappa shape index (κ2) is 8.39. The second-order valence-electron chi connectivity index (χ2n) is 7.29. The molecule has 0 fully saturated rings. The van der Waals surface area contributed by atoms with Crippen molar-refractivity contribution in [3.63, 3.8) is 0 Å². The highest BCUT2D eigenvalue weighted by Crippen LogP contribution is 2.33. The third-order valence-electron chi connectivity index (χ3n) is 5.29. The van der Waals surface area contributed by atoms with Gasteiger partial charge in [-0.2, -0.15) is 0 Å². The third kappa shape index (κ3) is 4.20. The van der Waals surface area contributed by atoms with Gasteiger partial charge in [0, 0.05) is 19.3 Å². The second-order valence-corrected chi connectivity index (χ2v) is 12.4. The van der Waals surface area contributed by atoms with E-state index in [0.717, 1.165) is 23.5 Å². The molecule has 2 heterocycles. The molecule has 1 aliphatic heterocycles. The van der Waals surface area contributed by atoms with Crippen molar-refractivity contribution in [2.45, 2.75) is 20.8 Å². The van der Waals surface area contributed by atoms with Gasteiger partial charge in [0.15, 0.2) is 9.84 Å². The van der Waals surface area contributed by atoms with Crippen molar-refractivity contribution in [3.8, 4) is 0 Å². The number of sulfonamides is 1. The number of amides is 1. The Morgan fingerprint density at radius 3 is 2.47 bits per heavy atom. The van der Waals surface area contributed by atoms with E-state index in [4.69, 9.17) is 0 Å². The molecule has 1 aliphatic rings. The predicted octanol–water partition coefficient (Wildman–Crippen LogP) is 2.90. The van der Waals surface area contributed by atoms with E-state index < -0.39 is 37.5 Å². The van der Waals surface area contributed by atoms with E-state index in [0.29, 0.717) is 11.3 Å². The first-order valence-electron chi connectivity index (χ1n) is 9.51. The Morgan fingerprint density at radius 2 is 1.81 bits per heavy atom. The Bertz CT molecular complexity index is 1370. The molecule has 1 N–H and O–H groups in total. The molecular formula is C21H19FN2O5S3. The molecule has 0 unspecified atom stereocenters. The van der Waals surface area contributed by atoms with Gasteiger partial charge in [0.2, 0.25) is 15.9 Å². The number of halogens is 1. The first-order chi connectivity index (χ1) is 15.1. The summed E-state index contributed by atoms with van der Waals surface area (Å²) < 4.78 is 68.1. The number of hydrogen-bond acceptors (Lipinski definition) is 6. The molecule has 3 aromatic rings. The van der Waals surface area contributed by atoms with Crippen molar-refractivity contribution in [2.75, 3.05) is 18.5 Å². The summed E-state index contributed by atoms with van der Waals surface area (Å²) in [6, 6.07) is 12.3. The van der Waals surface area contributed by atoms with Crippen molar-refractivity contribution >= 4 is 42.8 Å². The molecule has 2 aromatic carbocycles. The number of carbonyl (C=O) groups is 1. The number of nitrogens with zero attached hydrogens (tertiary/aromatic N) is 1. The van der Waals surface area contributed by atoms with Gasteiger partial charge in [0.1, 0.15) is 15.3 Å². The molecule has 0 saturated heterocycles. The molecule has 11 heteroatoms. The Hall–Kier alpha value is -2.60. The standard InChI is InChI=1S/C21H19FN2O5S3/c1-24-18-9-8-17(11-15(18)12-20(24)25)32(28,29)23-13-19(14-4-6-16(22)7-5-14)31(26,27)21-3-2-10-30-21/h2-11,19,23H,12-13H2,1H3/t19-/m0/s1. The third-order valence-corrected chi connectivity index (χ3v) is 10.2. The molecule has 32 heavy (non-hydrogen) atoms. The fourth-order valence-corrected chi connectivity index (χ4v) is 7.60. The van der Waals surface area contributed by atoms with Crippen molar-refractivity contribution in [1.29, 1.82) is 0 Å². The quantitative estimate of drug-likeness (QED) is 0.544. The van der Waals surface area contributed by atoms with Gasteiger partial charge in [0.25, 0.3) is 0 Å². The zero-order chi connectivity index (χ0) is 23.1. The summed E-state index contributed by atoms with van der Waals surface area (Å²) >= 11 is 1.02. The topological polar surface area (TPSA) is 101 Å². The highest BCUT2D eigenvalue weighted by atomic mass is 32.2. The largest absolute Gasteiger partial charge is 0.315 e. The lowest BCUT2D eigenvalue weighted by atomic mass is 10.1. The highest BCUT2D eigenvalue weighted by Gasteiger charge is 2.32. The minimum Gasteiger partial charge on any atom is -0.315 e. The Morgan fingerprint density at radius 1 is 1.09 bits per heavy atom. The maximum atomic E-state index is 13.4. The van der Waals surface area contributed by atoms with Gasteiger partial charge >= 0.3 is 0 Å². The number of rotatable bonds is 7. The minimum atomic E-state index is -4.07. The average molecular weight is 495 g/mol. The van der Waals surface area contributed by atoms with Crippen LogP contribution in [-0.4, -0.2) is 36.3 Å². The van der Waals surface area contributed by atoms with Crippen LogP contribution < -0.4 is 9.62 Å². The lowest BCUT2D eigenvalue weighted by Crippen LogP contribution is -2.32. The number of benzene rings is 2. The van der Waals surface area contributed by atoms with E-state index in [-0.39, 0.29) is 27.0 Å². The summed E-state index contributed by atoms with van der Waals surface area (Å²) in [5.74, 6) is -0.666. The van der Waals surface area contributed by atoms with Gasteiger partial charge < -0.3 is 4.90 Å². The molecule has 0 radical (unpaired) electrons. The summed E-state index contributed by atoms with van der Waals surface area (Å²) in [7, 11) is -6.39. The molecule has 168 valence electrons. The Labute approximate surface area is 189 Å². The van der Waals surface area contributed by atoms with Crippen LogP contribution in [0.2, 0.25) is 0 Å². The lowest BCUT2D eigenvalue weighted by molar-refractivity contribution is -0.117. The van der Waals surface area contributed by atoms with Crippen LogP contribution >= 0.6 is 11.3 Å². The van der Waals surface area contributed by atoms with E-state index in [2.05, 4.69) is 4.72 Å². The molecule has 0 aliphatic carbocycles. The predicted molar refractivity (Wildman–Crippen MR) is 119 cm³/mol. The van der Waals surface area contributed by atoms with Crippen LogP contribution in [0.4, 0.5) is 10.1 Å². The molecule has 7 nitrogen and oxygen atoms in total. The van der Waals surface area contributed by atoms with Crippen molar-refractivity contribution in [2.24, 2.45) is 0 Å². The normalized spacial score (nSPS) is 15.1. The number of nitrogens with one attached hydrogen (secondary N) is 1. The van der Waals surface area contributed by atoms with Gasteiger partial charge in [-0.3, -0.25) is 4.79 Å². The van der Waals surface area contributed by atoms with Crippen LogP contribution in [0.15, 0.2) is 69.1 Å². The molecule has 0 saturated carbocycles. The fourth-order valence-electron chi connectivity index (χ4n) is 3.53. The lowest BCUT2D eigenvalue weighted by Gasteiger charge is -2.18. The van der Waals surface area contributed by atoms with Crippen LogP contribution in [0, 0.1) is 5.82 Å². The van der Waals surface area contributed by atoms with Crippen LogP contribution in [-0.2, 0) is 31.1 Å². The number of carbonyl (C=O) groups excluding carboxylic acids is 1. The van der Waals surface area contributed by atoms with E-state index in [1.807, 2.05) is 0 Å². The first kappa shape index (κ1) is 22.6. The van der Waals surface area contributed by atoms with Gasteiger partial charge in [0.05, 0.1) is 11.3 Å². The van der Waals surface area contributed by atoms with Crippen molar-refractivity contribution in [1.82, 2.24) is 4.72 Å². The van der Waals surface area contributed by atoms with Crippen LogP contribution in [0.1, 0.15) is 16.4 Å².